The minimum Gasteiger partial charge on any atom is -0.497 e. The summed E-state index contributed by atoms with van der Waals surface area (Å²) in [5, 5.41) is 12.5. The molecule has 1 fully saturated rings. The Morgan fingerprint density at radius 2 is 1.77 bits per heavy atom. The molecule has 1 saturated carbocycles. The average Bonchev–Trinajstić information content (AvgIpc) is 3.66. The highest BCUT2D eigenvalue weighted by molar-refractivity contribution is 6.03. The van der Waals surface area contributed by atoms with Crippen LogP contribution in [0.4, 0.5) is 0 Å². The molecular weight excluding hydrogens is 456 g/mol. The number of benzene rings is 1. The number of ether oxygens (including phenoxy) is 3. The summed E-state index contributed by atoms with van der Waals surface area (Å²) in [4.78, 5) is 53.7. The van der Waals surface area contributed by atoms with Crippen LogP contribution in [-0.2, 0) is 14.3 Å². The molecule has 186 valence electrons. The summed E-state index contributed by atoms with van der Waals surface area (Å²) in [6.07, 6.45) is 0.861. The summed E-state index contributed by atoms with van der Waals surface area (Å²) >= 11 is 0. The molecular formula is C25H28N2O8. The molecule has 0 aliphatic heterocycles. The SMILES string of the molecule is COc1ccc(C(=O)O)c(-c2ccc(C(=O)NCC3CC3)nc2C(=O)OC(C)OC(=O)C(C)C)c1. The molecule has 1 aromatic heterocycles. The van der Waals surface area contributed by atoms with Gasteiger partial charge in [0.25, 0.3) is 5.91 Å². The number of nitrogens with zero attached hydrogens (tertiary/aromatic N) is 1. The number of hydrogen-bond donors (Lipinski definition) is 2. The van der Waals surface area contributed by atoms with Crippen LogP contribution in [0, 0.1) is 11.8 Å². The number of carboxylic acids is 1. The number of carbonyl (C=O) groups is 4. The summed E-state index contributed by atoms with van der Waals surface area (Å²) in [5.41, 5.74) is -0.174. The van der Waals surface area contributed by atoms with Gasteiger partial charge in [-0.05, 0) is 49.1 Å². The number of carbonyl (C=O) groups excluding carboxylic acids is 3. The Labute approximate surface area is 202 Å². The monoisotopic (exact) mass is 484 g/mol. The quantitative estimate of drug-likeness (QED) is 0.384. The minimum absolute atomic E-state index is 0.0343. The third-order valence-electron chi connectivity index (χ3n) is 5.34. The van der Waals surface area contributed by atoms with Crippen molar-refractivity contribution >= 4 is 23.8 Å². The minimum atomic E-state index is -1.23. The normalized spacial score (nSPS) is 13.6. The Morgan fingerprint density at radius 1 is 1.06 bits per heavy atom. The molecule has 1 heterocycles. The number of pyridine rings is 1. The molecule has 10 nitrogen and oxygen atoms in total. The van der Waals surface area contributed by atoms with Gasteiger partial charge in [0.15, 0.2) is 5.69 Å². The molecule has 1 atom stereocenters. The van der Waals surface area contributed by atoms with Crippen LogP contribution < -0.4 is 10.1 Å². The molecule has 0 bridgehead atoms. The van der Waals surface area contributed by atoms with Gasteiger partial charge in [0.1, 0.15) is 11.4 Å². The van der Waals surface area contributed by atoms with Crippen molar-refractivity contribution < 1.29 is 38.5 Å². The third kappa shape index (κ3) is 6.56. The lowest BCUT2D eigenvalue weighted by atomic mass is 9.97. The van der Waals surface area contributed by atoms with E-state index in [4.69, 9.17) is 14.2 Å². The van der Waals surface area contributed by atoms with Crippen LogP contribution in [0.1, 0.15) is 64.9 Å². The lowest BCUT2D eigenvalue weighted by Crippen LogP contribution is -2.28. The van der Waals surface area contributed by atoms with Crippen LogP contribution in [0.5, 0.6) is 5.75 Å². The van der Waals surface area contributed by atoms with Gasteiger partial charge in [-0.1, -0.05) is 13.8 Å². The second-order valence-electron chi connectivity index (χ2n) is 8.53. The zero-order valence-electron chi connectivity index (χ0n) is 20.0. The highest BCUT2D eigenvalue weighted by Crippen LogP contribution is 2.31. The molecule has 2 N–H and O–H groups in total. The molecule has 0 saturated heterocycles. The first-order chi connectivity index (χ1) is 16.6. The molecule has 1 aromatic carbocycles. The summed E-state index contributed by atoms with van der Waals surface area (Å²) in [5.74, 6) is -2.89. The maximum absolute atomic E-state index is 13.1. The Balaban J connectivity index is 2.01. The van der Waals surface area contributed by atoms with Crippen molar-refractivity contribution in [3.63, 3.8) is 0 Å². The molecule has 0 spiro atoms. The Morgan fingerprint density at radius 3 is 2.37 bits per heavy atom. The predicted molar refractivity (Wildman–Crippen MR) is 124 cm³/mol. The number of methoxy groups -OCH3 is 1. The maximum atomic E-state index is 13.1. The number of aromatic carboxylic acids is 1. The van der Waals surface area contributed by atoms with Gasteiger partial charge in [-0.3, -0.25) is 9.59 Å². The smallest absolute Gasteiger partial charge is 0.360 e. The van der Waals surface area contributed by atoms with E-state index in [1.54, 1.807) is 13.8 Å². The van der Waals surface area contributed by atoms with Crippen molar-refractivity contribution in [1.29, 1.82) is 0 Å². The van der Waals surface area contributed by atoms with Crippen LogP contribution in [0.15, 0.2) is 30.3 Å². The van der Waals surface area contributed by atoms with Crippen LogP contribution in [0.25, 0.3) is 11.1 Å². The average molecular weight is 485 g/mol. The predicted octanol–water partition coefficient (Wildman–Crippen LogP) is 3.30. The van der Waals surface area contributed by atoms with Crippen LogP contribution in [-0.4, -0.2) is 53.9 Å². The first-order valence-electron chi connectivity index (χ1n) is 11.2. The number of rotatable bonds is 10. The van der Waals surface area contributed by atoms with Crippen molar-refractivity contribution in [2.45, 2.75) is 39.9 Å². The molecule has 0 radical (unpaired) electrons. The van der Waals surface area contributed by atoms with Gasteiger partial charge in [0, 0.05) is 24.6 Å². The van der Waals surface area contributed by atoms with E-state index in [1.807, 2.05) is 0 Å². The van der Waals surface area contributed by atoms with Crippen molar-refractivity contribution in [2.75, 3.05) is 13.7 Å². The van der Waals surface area contributed by atoms with Crippen molar-refractivity contribution in [2.24, 2.45) is 11.8 Å². The first-order valence-corrected chi connectivity index (χ1v) is 11.2. The van der Waals surface area contributed by atoms with E-state index in [2.05, 4.69) is 10.3 Å². The number of aromatic nitrogens is 1. The second kappa shape index (κ2) is 11.0. The molecule has 1 amide bonds. The summed E-state index contributed by atoms with van der Waals surface area (Å²) in [6.45, 7) is 5.15. The fraction of sp³-hybridized carbons (Fsp3) is 0.400. The van der Waals surface area contributed by atoms with Gasteiger partial charge in [0.05, 0.1) is 18.6 Å². The third-order valence-corrected chi connectivity index (χ3v) is 5.34. The molecule has 1 aliphatic carbocycles. The van der Waals surface area contributed by atoms with E-state index in [1.165, 1.54) is 44.4 Å². The van der Waals surface area contributed by atoms with Gasteiger partial charge < -0.3 is 24.6 Å². The van der Waals surface area contributed by atoms with Gasteiger partial charge in [-0.15, -0.1) is 0 Å². The molecule has 35 heavy (non-hydrogen) atoms. The zero-order chi connectivity index (χ0) is 25.7. The van der Waals surface area contributed by atoms with Gasteiger partial charge >= 0.3 is 17.9 Å². The standard InChI is InChI=1S/C25H28N2O8/c1-13(2)24(31)34-14(3)35-25(32)21-17(19-11-16(33-4)7-8-18(19)23(29)30)9-10-20(27-21)22(28)26-12-15-5-6-15/h7-11,13-15H,5-6,12H2,1-4H3,(H,26,28)(H,29,30). The lowest BCUT2D eigenvalue weighted by Gasteiger charge is -2.17. The zero-order valence-corrected chi connectivity index (χ0v) is 20.0. The Bertz CT molecular complexity index is 1140. The molecule has 1 unspecified atom stereocenters. The fourth-order valence-corrected chi connectivity index (χ4v) is 3.20. The second-order valence-corrected chi connectivity index (χ2v) is 8.53. The summed E-state index contributed by atoms with van der Waals surface area (Å²) < 4.78 is 15.6. The molecule has 3 rings (SSSR count). The van der Waals surface area contributed by atoms with Crippen LogP contribution in [0.2, 0.25) is 0 Å². The number of carboxylic acid groups (broad SMARTS) is 1. The Kier molecular flexibility index (Phi) is 8.06. The number of hydrogen-bond acceptors (Lipinski definition) is 8. The van der Waals surface area contributed by atoms with E-state index in [0.717, 1.165) is 12.8 Å². The molecule has 1 aliphatic rings. The summed E-state index contributed by atoms with van der Waals surface area (Å²) in [6, 6.07) is 7.11. The van der Waals surface area contributed by atoms with Gasteiger partial charge in [-0.2, -0.15) is 0 Å². The van der Waals surface area contributed by atoms with E-state index in [9.17, 15) is 24.3 Å². The largest absolute Gasteiger partial charge is 0.497 e. The number of esters is 2. The van der Waals surface area contributed by atoms with Crippen LogP contribution >= 0.6 is 0 Å². The van der Waals surface area contributed by atoms with Crippen molar-refractivity contribution in [1.82, 2.24) is 10.3 Å². The molecule has 10 heteroatoms. The van der Waals surface area contributed by atoms with Crippen LogP contribution in [0.3, 0.4) is 0 Å². The van der Waals surface area contributed by atoms with Gasteiger partial charge in [-0.25, -0.2) is 14.6 Å². The number of amides is 1. The maximum Gasteiger partial charge on any atom is 0.360 e. The van der Waals surface area contributed by atoms with Crippen molar-refractivity contribution in [3.8, 4) is 16.9 Å². The van der Waals surface area contributed by atoms with E-state index < -0.39 is 36.0 Å². The highest BCUT2D eigenvalue weighted by Gasteiger charge is 2.27. The van der Waals surface area contributed by atoms with E-state index >= 15 is 0 Å². The number of nitrogens with one attached hydrogen (secondary N) is 1. The molecule has 2 aromatic rings. The fourth-order valence-electron chi connectivity index (χ4n) is 3.20. The first kappa shape index (κ1) is 25.7. The highest BCUT2D eigenvalue weighted by atomic mass is 16.7. The topological polar surface area (TPSA) is 141 Å². The van der Waals surface area contributed by atoms with Crippen molar-refractivity contribution in [3.05, 3.63) is 47.3 Å². The Hall–Kier alpha value is -3.95. The van der Waals surface area contributed by atoms with Gasteiger partial charge in [0.2, 0.25) is 6.29 Å². The van der Waals surface area contributed by atoms with E-state index in [-0.39, 0.29) is 28.1 Å². The lowest BCUT2D eigenvalue weighted by molar-refractivity contribution is -0.169. The summed E-state index contributed by atoms with van der Waals surface area (Å²) in [7, 11) is 1.42. The van der Waals surface area contributed by atoms with E-state index in [0.29, 0.717) is 18.2 Å².